The van der Waals surface area contributed by atoms with Crippen molar-refractivity contribution in [3.05, 3.63) is 12.2 Å². The highest BCUT2D eigenvalue weighted by Gasteiger charge is 2.49. The number of rotatable bonds is 17. The van der Waals surface area contributed by atoms with E-state index in [-0.39, 0.29) is 0 Å². The summed E-state index contributed by atoms with van der Waals surface area (Å²) in [5.74, 6) is 1.66. The van der Waals surface area contributed by atoms with Gasteiger partial charge in [-0.1, -0.05) is 118 Å². The fourth-order valence-corrected chi connectivity index (χ4v) is 10.3. The maximum absolute atomic E-state index is 7.01. The Hall–Kier alpha value is -0.0831. The molecule has 27 heavy (non-hydrogen) atoms. The molecule has 162 valence electrons. The van der Waals surface area contributed by atoms with Crippen LogP contribution in [0.4, 0.5) is 0 Å². The molecule has 0 aliphatic rings. The molecule has 0 spiro atoms. The molecule has 0 aromatic heterocycles. The summed E-state index contributed by atoms with van der Waals surface area (Å²) in [7, 11) is -1.91. The van der Waals surface area contributed by atoms with Crippen molar-refractivity contribution < 1.29 is 4.43 Å². The topological polar surface area (TPSA) is 9.23 Å². The van der Waals surface area contributed by atoms with Gasteiger partial charge in [0.2, 0.25) is 0 Å². The predicted octanol–water partition coefficient (Wildman–Crippen LogP) is 9.15. The summed E-state index contributed by atoms with van der Waals surface area (Å²) >= 11 is 0. The van der Waals surface area contributed by atoms with E-state index in [9.17, 15) is 0 Å². The monoisotopic (exact) mass is 396 g/mol. The van der Waals surface area contributed by atoms with Crippen molar-refractivity contribution in [2.45, 2.75) is 130 Å². The molecular weight excluding hydrogens is 344 g/mol. The zero-order valence-corrected chi connectivity index (χ0v) is 21.3. The molecule has 0 aromatic rings. The molecule has 0 saturated heterocycles. The first-order valence-corrected chi connectivity index (χ1v) is 14.3. The van der Waals surface area contributed by atoms with E-state index >= 15 is 0 Å². The Balaban J connectivity index is 5.79. The summed E-state index contributed by atoms with van der Waals surface area (Å²) < 4.78 is 7.01. The fraction of sp³-hybridized carbons (Fsp3) is 0.920. The van der Waals surface area contributed by atoms with Crippen molar-refractivity contribution in [3.63, 3.8) is 0 Å². The zero-order valence-electron chi connectivity index (χ0n) is 20.3. The van der Waals surface area contributed by atoms with Crippen molar-refractivity contribution in [1.29, 1.82) is 0 Å². The lowest BCUT2D eigenvalue weighted by Crippen LogP contribution is -2.51. The van der Waals surface area contributed by atoms with Crippen molar-refractivity contribution >= 4 is 8.32 Å². The van der Waals surface area contributed by atoms with E-state index in [0.29, 0.717) is 5.04 Å². The summed E-state index contributed by atoms with van der Waals surface area (Å²) in [6.45, 7) is 23.9. The van der Waals surface area contributed by atoms with E-state index in [1.165, 1.54) is 75.4 Å². The normalized spacial score (nSPS) is 16.7. The third kappa shape index (κ3) is 9.30. The summed E-state index contributed by atoms with van der Waals surface area (Å²) in [5, 5.41) is 0.321. The Labute approximate surface area is 173 Å². The molecule has 2 heteroatoms. The number of unbranched alkanes of at least 4 members (excludes halogenated alkanes) is 2. The van der Waals surface area contributed by atoms with Crippen LogP contribution < -0.4 is 0 Å². The van der Waals surface area contributed by atoms with Gasteiger partial charge < -0.3 is 4.43 Å². The molecule has 0 heterocycles. The first kappa shape index (κ1) is 26.9. The van der Waals surface area contributed by atoms with Crippen LogP contribution in [0.25, 0.3) is 0 Å². The maximum atomic E-state index is 7.01. The molecule has 0 bridgehead atoms. The number of hydrogen-bond acceptors (Lipinski definition) is 1. The number of hydrogen-bond donors (Lipinski definition) is 0. The van der Waals surface area contributed by atoms with E-state index in [2.05, 4.69) is 62.0 Å². The summed E-state index contributed by atoms with van der Waals surface area (Å²) in [5.41, 5.74) is 1.18. The first-order valence-electron chi connectivity index (χ1n) is 12.0. The molecule has 0 amide bonds. The van der Waals surface area contributed by atoms with Gasteiger partial charge in [-0.25, -0.2) is 0 Å². The van der Waals surface area contributed by atoms with Crippen molar-refractivity contribution in [2.24, 2.45) is 11.8 Å². The van der Waals surface area contributed by atoms with E-state index in [1.54, 1.807) is 0 Å². The SMILES string of the molecule is C=C(C)CO[Si](CC(CC)CCCC)(CC(CC)CCCC)C(C)(C)CC. The molecule has 0 radical (unpaired) electrons. The van der Waals surface area contributed by atoms with E-state index in [4.69, 9.17) is 4.43 Å². The predicted molar refractivity (Wildman–Crippen MR) is 127 cm³/mol. The minimum atomic E-state index is -1.91. The summed E-state index contributed by atoms with van der Waals surface area (Å²) in [6.07, 6.45) is 11.9. The van der Waals surface area contributed by atoms with Crippen LogP contribution in [-0.4, -0.2) is 14.9 Å². The van der Waals surface area contributed by atoms with E-state index in [1.807, 2.05) is 0 Å². The van der Waals surface area contributed by atoms with Crippen molar-refractivity contribution in [1.82, 2.24) is 0 Å². The zero-order chi connectivity index (χ0) is 20.9. The van der Waals surface area contributed by atoms with Crippen LogP contribution >= 0.6 is 0 Å². The fourth-order valence-electron chi connectivity index (χ4n) is 4.35. The van der Waals surface area contributed by atoms with Crippen LogP contribution in [0.2, 0.25) is 17.1 Å². The minimum Gasteiger partial charge on any atom is -0.412 e. The molecule has 0 N–H and O–H groups in total. The minimum absolute atomic E-state index is 0.321. The van der Waals surface area contributed by atoms with Gasteiger partial charge in [-0.15, -0.1) is 0 Å². The largest absolute Gasteiger partial charge is 0.412 e. The molecule has 1 nitrogen and oxygen atoms in total. The molecule has 0 aliphatic heterocycles. The van der Waals surface area contributed by atoms with Gasteiger partial charge in [0.1, 0.15) is 0 Å². The van der Waals surface area contributed by atoms with Gasteiger partial charge in [-0.3, -0.25) is 0 Å². The van der Waals surface area contributed by atoms with Crippen LogP contribution in [0.1, 0.15) is 113 Å². The maximum Gasteiger partial charge on any atom is 0.199 e. The highest BCUT2D eigenvalue weighted by atomic mass is 28.4. The van der Waals surface area contributed by atoms with Crippen LogP contribution in [0.3, 0.4) is 0 Å². The third-order valence-electron chi connectivity index (χ3n) is 7.04. The lowest BCUT2D eigenvalue weighted by atomic mass is 10.0. The quantitative estimate of drug-likeness (QED) is 0.176. The lowest BCUT2D eigenvalue weighted by Gasteiger charge is -2.47. The van der Waals surface area contributed by atoms with Gasteiger partial charge in [0.25, 0.3) is 0 Å². The Morgan fingerprint density at radius 2 is 1.33 bits per heavy atom. The van der Waals surface area contributed by atoms with Crippen LogP contribution in [0.15, 0.2) is 12.2 Å². The Bertz CT molecular complexity index is 370. The molecule has 2 unspecified atom stereocenters. The van der Waals surface area contributed by atoms with Crippen LogP contribution in [-0.2, 0) is 4.43 Å². The molecule has 0 fully saturated rings. The molecule has 0 rings (SSSR count). The van der Waals surface area contributed by atoms with Gasteiger partial charge in [0.05, 0.1) is 6.61 Å². The third-order valence-corrected chi connectivity index (χ3v) is 13.0. The second-order valence-corrected chi connectivity index (χ2v) is 14.2. The van der Waals surface area contributed by atoms with Crippen molar-refractivity contribution in [3.8, 4) is 0 Å². The van der Waals surface area contributed by atoms with E-state index < -0.39 is 8.32 Å². The van der Waals surface area contributed by atoms with Crippen molar-refractivity contribution in [2.75, 3.05) is 6.61 Å². The van der Waals surface area contributed by atoms with E-state index in [0.717, 1.165) is 18.4 Å². The van der Waals surface area contributed by atoms with Gasteiger partial charge >= 0.3 is 0 Å². The highest BCUT2D eigenvalue weighted by molar-refractivity contribution is 6.76. The molecule has 0 aliphatic carbocycles. The Morgan fingerprint density at radius 1 is 0.889 bits per heavy atom. The Morgan fingerprint density at radius 3 is 1.63 bits per heavy atom. The first-order chi connectivity index (χ1) is 12.7. The lowest BCUT2D eigenvalue weighted by molar-refractivity contribution is 0.276. The Kier molecular flexibility index (Phi) is 13.9. The van der Waals surface area contributed by atoms with Gasteiger partial charge in [-0.2, -0.15) is 0 Å². The second-order valence-electron chi connectivity index (χ2n) is 9.72. The van der Waals surface area contributed by atoms with Gasteiger partial charge in [0, 0.05) is 0 Å². The summed E-state index contributed by atoms with van der Waals surface area (Å²) in [6, 6.07) is 2.69. The summed E-state index contributed by atoms with van der Waals surface area (Å²) in [4.78, 5) is 0. The van der Waals surface area contributed by atoms with Gasteiger partial charge in [0.15, 0.2) is 8.32 Å². The standard InChI is InChI=1S/C25H52OSi/c1-10-15-17-23(12-3)20-27(25(8,9)14-5,26-19-22(6)7)21-24(13-4)18-16-11-2/h23-24H,6,10-21H2,1-5,7-9H3. The molecule has 2 atom stereocenters. The molecule has 0 saturated carbocycles. The van der Waals surface area contributed by atoms with Gasteiger partial charge in [-0.05, 0) is 35.9 Å². The smallest absolute Gasteiger partial charge is 0.199 e. The molecular formula is C25H52OSi. The average molecular weight is 397 g/mol. The van der Waals surface area contributed by atoms with Crippen LogP contribution in [0.5, 0.6) is 0 Å². The van der Waals surface area contributed by atoms with Crippen LogP contribution in [0, 0.1) is 11.8 Å². The average Bonchev–Trinajstić information content (AvgIpc) is 2.65. The second kappa shape index (κ2) is 14.0. The highest BCUT2D eigenvalue weighted by Crippen LogP contribution is 2.50. The molecule has 0 aromatic carbocycles.